The molecule has 106 valence electrons. The quantitative estimate of drug-likeness (QED) is 0.869. The molecular weight excluding hydrogens is 274 g/mol. The Hall–Kier alpha value is -2.08. The molecule has 0 aliphatic rings. The molecule has 0 aliphatic carbocycles. The van der Waals surface area contributed by atoms with Gasteiger partial charge in [0.1, 0.15) is 11.6 Å². The molecule has 0 spiro atoms. The summed E-state index contributed by atoms with van der Waals surface area (Å²) in [4.78, 5) is 0. The smallest absolute Gasteiger partial charge is 0.406 e. The van der Waals surface area contributed by atoms with Gasteiger partial charge in [0.25, 0.3) is 0 Å². The summed E-state index contributed by atoms with van der Waals surface area (Å²) in [6.45, 7) is 0.0243. The zero-order valence-corrected chi connectivity index (χ0v) is 10.2. The molecule has 0 saturated heterocycles. The van der Waals surface area contributed by atoms with Gasteiger partial charge in [0.2, 0.25) is 0 Å². The zero-order chi connectivity index (χ0) is 14.8. The standard InChI is InChI=1S/C14H11F4NO/c15-13-4-2-1-3-12(13)10-5-9(8-19)6-11(7-10)20-14(16,17)18/h1-7H,8,19H2. The predicted molar refractivity (Wildman–Crippen MR) is 66.4 cm³/mol. The van der Waals surface area contributed by atoms with Gasteiger partial charge in [0, 0.05) is 12.1 Å². The van der Waals surface area contributed by atoms with Crippen LogP contribution in [0.4, 0.5) is 17.6 Å². The van der Waals surface area contributed by atoms with Crippen LogP contribution in [0.3, 0.4) is 0 Å². The number of benzene rings is 2. The van der Waals surface area contributed by atoms with E-state index in [-0.39, 0.29) is 17.7 Å². The molecule has 0 heterocycles. The molecule has 0 aromatic heterocycles. The Morgan fingerprint density at radius 1 is 1.05 bits per heavy atom. The van der Waals surface area contributed by atoms with Crippen LogP contribution in [0.15, 0.2) is 42.5 Å². The molecule has 2 rings (SSSR count). The fourth-order valence-electron chi connectivity index (χ4n) is 1.82. The van der Waals surface area contributed by atoms with E-state index in [1.54, 1.807) is 6.07 Å². The molecule has 0 amide bonds. The number of halogens is 4. The normalized spacial score (nSPS) is 11.4. The second-order valence-electron chi connectivity index (χ2n) is 4.10. The lowest BCUT2D eigenvalue weighted by molar-refractivity contribution is -0.274. The van der Waals surface area contributed by atoms with Crippen LogP contribution in [0.25, 0.3) is 11.1 Å². The second kappa shape index (κ2) is 5.50. The van der Waals surface area contributed by atoms with E-state index in [9.17, 15) is 17.6 Å². The SMILES string of the molecule is NCc1cc(OC(F)(F)F)cc(-c2ccccc2F)c1. The van der Waals surface area contributed by atoms with Crippen LogP contribution in [0.5, 0.6) is 5.75 Å². The maximum Gasteiger partial charge on any atom is 0.573 e. The summed E-state index contributed by atoms with van der Waals surface area (Å²) in [5.41, 5.74) is 6.33. The number of ether oxygens (including phenoxy) is 1. The highest BCUT2D eigenvalue weighted by Crippen LogP contribution is 2.30. The molecule has 0 aliphatic heterocycles. The van der Waals surface area contributed by atoms with Crippen LogP contribution in [0.1, 0.15) is 5.56 Å². The van der Waals surface area contributed by atoms with Gasteiger partial charge < -0.3 is 10.5 Å². The monoisotopic (exact) mass is 285 g/mol. The van der Waals surface area contributed by atoms with E-state index >= 15 is 0 Å². The minimum Gasteiger partial charge on any atom is -0.406 e. The Kier molecular flexibility index (Phi) is 3.94. The molecule has 2 nitrogen and oxygen atoms in total. The van der Waals surface area contributed by atoms with Gasteiger partial charge in [0.15, 0.2) is 0 Å². The van der Waals surface area contributed by atoms with Crippen molar-refractivity contribution in [2.75, 3.05) is 0 Å². The van der Waals surface area contributed by atoms with Gasteiger partial charge in [-0.1, -0.05) is 18.2 Å². The Bertz CT molecular complexity index is 610. The van der Waals surface area contributed by atoms with Gasteiger partial charge in [-0.15, -0.1) is 13.2 Å². The Balaban J connectivity index is 2.48. The van der Waals surface area contributed by atoms with Crippen molar-refractivity contribution in [3.05, 3.63) is 53.8 Å². The molecule has 2 aromatic rings. The van der Waals surface area contributed by atoms with Gasteiger partial charge in [-0.3, -0.25) is 0 Å². The Morgan fingerprint density at radius 2 is 1.75 bits per heavy atom. The number of hydrogen-bond acceptors (Lipinski definition) is 2. The fraction of sp³-hybridized carbons (Fsp3) is 0.143. The minimum atomic E-state index is -4.81. The van der Waals surface area contributed by atoms with Crippen LogP contribution in [-0.4, -0.2) is 6.36 Å². The first-order valence-electron chi connectivity index (χ1n) is 5.74. The Morgan fingerprint density at radius 3 is 2.35 bits per heavy atom. The van der Waals surface area contributed by atoms with Crippen molar-refractivity contribution in [2.45, 2.75) is 12.9 Å². The largest absolute Gasteiger partial charge is 0.573 e. The summed E-state index contributed by atoms with van der Waals surface area (Å²) >= 11 is 0. The van der Waals surface area contributed by atoms with Crippen LogP contribution >= 0.6 is 0 Å². The third kappa shape index (κ3) is 3.48. The number of alkyl halides is 3. The molecule has 0 bridgehead atoms. The number of nitrogens with two attached hydrogens (primary N) is 1. The van der Waals surface area contributed by atoms with Gasteiger partial charge >= 0.3 is 6.36 Å². The summed E-state index contributed by atoms with van der Waals surface area (Å²) in [5, 5.41) is 0. The molecule has 6 heteroatoms. The fourth-order valence-corrected chi connectivity index (χ4v) is 1.82. The number of hydrogen-bond donors (Lipinski definition) is 1. The Labute approximate surface area is 112 Å². The van der Waals surface area contributed by atoms with Crippen LogP contribution < -0.4 is 10.5 Å². The first-order valence-corrected chi connectivity index (χ1v) is 5.74. The van der Waals surface area contributed by atoms with E-state index in [4.69, 9.17) is 5.73 Å². The van der Waals surface area contributed by atoms with E-state index < -0.39 is 17.9 Å². The lowest BCUT2D eigenvalue weighted by Gasteiger charge is -2.12. The van der Waals surface area contributed by atoms with Crippen LogP contribution in [0, 0.1) is 5.82 Å². The van der Waals surface area contributed by atoms with E-state index in [2.05, 4.69) is 4.74 Å². The van der Waals surface area contributed by atoms with Crippen molar-refractivity contribution < 1.29 is 22.3 Å². The van der Waals surface area contributed by atoms with E-state index in [0.29, 0.717) is 5.56 Å². The van der Waals surface area contributed by atoms with Crippen molar-refractivity contribution in [1.29, 1.82) is 0 Å². The summed E-state index contributed by atoms with van der Waals surface area (Å²) in [6, 6.07) is 9.64. The topological polar surface area (TPSA) is 35.2 Å². The first-order chi connectivity index (χ1) is 9.39. The predicted octanol–water partition coefficient (Wildman–Crippen LogP) is 3.85. The molecule has 0 saturated carbocycles. The van der Waals surface area contributed by atoms with Crippen LogP contribution in [-0.2, 0) is 6.54 Å². The van der Waals surface area contributed by atoms with Crippen molar-refractivity contribution in [1.82, 2.24) is 0 Å². The van der Waals surface area contributed by atoms with Crippen LogP contribution in [0.2, 0.25) is 0 Å². The average Bonchev–Trinajstić information content (AvgIpc) is 2.36. The first kappa shape index (κ1) is 14.3. The van der Waals surface area contributed by atoms with Crippen molar-refractivity contribution >= 4 is 0 Å². The third-order valence-corrected chi connectivity index (χ3v) is 2.62. The zero-order valence-electron chi connectivity index (χ0n) is 10.2. The van der Waals surface area contributed by atoms with Crippen molar-refractivity contribution in [2.24, 2.45) is 5.73 Å². The summed E-state index contributed by atoms with van der Waals surface area (Å²) in [6.07, 6.45) is -4.81. The molecule has 2 aromatic carbocycles. The lowest BCUT2D eigenvalue weighted by Crippen LogP contribution is -2.17. The average molecular weight is 285 g/mol. The maximum atomic E-state index is 13.7. The van der Waals surface area contributed by atoms with Gasteiger partial charge in [-0.05, 0) is 35.4 Å². The molecule has 0 atom stereocenters. The minimum absolute atomic E-state index is 0.0243. The number of rotatable bonds is 3. The molecule has 20 heavy (non-hydrogen) atoms. The summed E-state index contributed by atoms with van der Waals surface area (Å²) in [5.74, 6) is -0.946. The van der Waals surface area contributed by atoms with Gasteiger partial charge in [0.05, 0.1) is 0 Å². The van der Waals surface area contributed by atoms with E-state index in [0.717, 1.165) is 6.07 Å². The van der Waals surface area contributed by atoms with Crippen molar-refractivity contribution in [3.63, 3.8) is 0 Å². The highest BCUT2D eigenvalue weighted by Gasteiger charge is 2.31. The third-order valence-electron chi connectivity index (χ3n) is 2.62. The van der Waals surface area contributed by atoms with Gasteiger partial charge in [-0.2, -0.15) is 0 Å². The highest BCUT2D eigenvalue weighted by atomic mass is 19.4. The van der Waals surface area contributed by atoms with Gasteiger partial charge in [-0.25, -0.2) is 4.39 Å². The highest BCUT2D eigenvalue weighted by molar-refractivity contribution is 5.66. The summed E-state index contributed by atoms with van der Waals surface area (Å²) in [7, 11) is 0. The van der Waals surface area contributed by atoms with Crippen molar-refractivity contribution in [3.8, 4) is 16.9 Å². The molecule has 0 unspecified atom stereocenters. The van der Waals surface area contributed by atoms with E-state index in [1.807, 2.05) is 0 Å². The second-order valence-corrected chi connectivity index (χ2v) is 4.10. The molecule has 2 N–H and O–H groups in total. The molecular formula is C14H11F4NO. The summed E-state index contributed by atoms with van der Waals surface area (Å²) < 4.78 is 54.3. The molecule has 0 fully saturated rings. The van der Waals surface area contributed by atoms with E-state index in [1.165, 1.54) is 30.3 Å². The molecule has 0 radical (unpaired) electrons. The lowest BCUT2D eigenvalue weighted by atomic mass is 10.0. The maximum absolute atomic E-state index is 13.7.